The standard InChI is InChI=1S/C14H19N7O2S/c1-2-12-18-19-14(24-12)17-11(22)9-21-13(23)7-10(8-16-21)20-5-3-15-4-6-20/h7-8,15H,2-6,9H2,1H3,(H,17,19,22). The number of aryl methyl sites for hydroxylation is 1. The highest BCUT2D eigenvalue weighted by molar-refractivity contribution is 7.15. The molecule has 3 heterocycles. The zero-order valence-corrected chi connectivity index (χ0v) is 14.2. The third-order valence-corrected chi connectivity index (χ3v) is 4.63. The molecular weight excluding hydrogens is 330 g/mol. The summed E-state index contributed by atoms with van der Waals surface area (Å²) in [5.41, 5.74) is 0.488. The Bertz CT molecular complexity index is 766. The lowest BCUT2D eigenvalue weighted by atomic mass is 10.3. The topological polar surface area (TPSA) is 105 Å². The van der Waals surface area contributed by atoms with Gasteiger partial charge >= 0.3 is 0 Å². The van der Waals surface area contributed by atoms with Crippen LogP contribution < -0.4 is 21.1 Å². The van der Waals surface area contributed by atoms with Gasteiger partial charge in [-0.15, -0.1) is 10.2 Å². The Morgan fingerprint density at radius 3 is 2.83 bits per heavy atom. The Morgan fingerprint density at radius 2 is 2.17 bits per heavy atom. The molecule has 1 aliphatic rings. The second kappa shape index (κ2) is 7.49. The van der Waals surface area contributed by atoms with Crippen LogP contribution in [0.15, 0.2) is 17.1 Å². The average molecular weight is 349 g/mol. The van der Waals surface area contributed by atoms with E-state index in [1.807, 2.05) is 6.92 Å². The summed E-state index contributed by atoms with van der Waals surface area (Å²) in [6.45, 7) is 5.25. The minimum atomic E-state index is -0.349. The van der Waals surface area contributed by atoms with Crippen molar-refractivity contribution in [1.29, 1.82) is 0 Å². The first-order valence-electron chi connectivity index (χ1n) is 7.81. The van der Waals surface area contributed by atoms with Crippen LogP contribution in [0.1, 0.15) is 11.9 Å². The number of hydrogen-bond acceptors (Lipinski definition) is 8. The minimum absolute atomic E-state index is 0.151. The molecule has 128 valence electrons. The van der Waals surface area contributed by atoms with Gasteiger partial charge in [0.25, 0.3) is 5.56 Å². The molecule has 24 heavy (non-hydrogen) atoms. The van der Waals surface area contributed by atoms with Crippen molar-refractivity contribution in [3.05, 3.63) is 27.6 Å². The third-order valence-electron chi connectivity index (χ3n) is 3.65. The molecule has 1 saturated heterocycles. The molecule has 3 rings (SSSR count). The quantitative estimate of drug-likeness (QED) is 0.764. The molecule has 1 fully saturated rings. The van der Waals surface area contributed by atoms with Crippen molar-refractivity contribution in [2.75, 3.05) is 36.4 Å². The lowest BCUT2D eigenvalue weighted by Crippen LogP contribution is -2.44. The van der Waals surface area contributed by atoms with Crippen LogP contribution in [0.2, 0.25) is 0 Å². The van der Waals surface area contributed by atoms with Gasteiger partial charge in [0.05, 0.1) is 11.9 Å². The number of carbonyl (C=O) groups is 1. The maximum Gasteiger partial charge on any atom is 0.269 e. The summed E-state index contributed by atoms with van der Waals surface area (Å²) >= 11 is 1.32. The van der Waals surface area contributed by atoms with E-state index in [2.05, 4.69) is 30.8 Å². The smallest absolute Gasteiger partial charge is 0.269 e. The van der Waals surface area contributed by atoms with Crippen LogP contribution in [0.5, 0.6) is 0 Å². The lowest BCUT2D eigenvalue weighted by Gasteiger charge is -2.28. The highest BCUT2D eigenvalue weighted by Crippen LogP contribution is 2.15. The van der Waals surface area contributed by atoms with E-state index in [1.165, 1.54) is 17.4 Å². The Kier molecular flexibility index (Phi) is 5.16. The van der Waals surface area contributed by atoms with E-state index in [0.717, 1.165) is 48.0 Å². The Balaban J connectivity index is 1.64. The fourth-order valence-electron chi connectivity index (χ4n) is 2.38. The Labute approximate surface area is 142 Å². The first-order valence-corrected chi connectivity index (χ1v) is 8.62. The molecule has 0 atom stereocenters. The summed E-state index contributed by atoms with van der Waals surface area (Å²) in [4.78, 5) is 26.3. The number of carbonyl (C=O) groups excluding carboxylic acids is 1. The second-order valence-electron chi connectivity index (χ2n) is 5.35. The summed E-state index contributed by atoms with van der Waals surface area (Å²) in [5, 5.41) is 19.1. The maximum atomic E-state index is 12.2. The van der Waals surface area contributed by atoms with E-state index in [-0.39, 0.29) is 18.0 Å². The van der Waals surface area contributed by atoms with Crippen molar-refractivity contribution in [2.45, 2.75) is 19.9 Å². The van der Waals surface area contributed by atoms with Crippen molar-refractivity contribution < 1.29 is 4.79 Å². The highest BCUT2D eigenvalue weighted by Gasteiger charge is 2.14. The van der Waals surface area contributed by atoms with E-state index >= 15 is 0 Å². The van der Waals surface area contributed by atoms with Crippen molar-refractivity contribution in [3.63, 3.8) is 0 Å². The van der Waals surface area contributed by atoms with E-state index in [0.29, 0.717) is 5.13 Å². The van der Waals surface area contributed by atoms with Gasteiger partial charge in [0.1, 0.15) is 11.6 Å². The fraction of sp³-hybridized carbons (Fsp3) is 0.500. The molecule has 0 aliphatic carbocycles. The predicted octanol–water partition coefficient (Wildman–Crippen LogP) is -0.294. The van der Waals surface area contributed by atoms with Crippen LogP contribution in [0.3, 0.4) is 0 Å². The number of aromatic nitrogens is 4. The van der Waals surface area contributed by atoms with Crippen LogP contribution in [0.4, 0.5) is 10.8 Å². The molecule has 2 aromatic heterocycles. The zero-order chi connectivity index (χ0) is 16.9. The van der Waals surface area contributed by atoms with Crippen molar-refractivity contribution >= 4 is 28.1 Å². The van der Waals surface area contributed by atoms with Crippen LogP contribution in [0.25, 0.3) is 0 Å². The van der Waals surface area contributed by atoms with Gasteiger partial charge in [0.15, 0.2) is 0 Å². The molecule has 10 heteroatoms. The second-order valence-corrected chi connectivity index (χ2v) is 6.41. The highest BCUT2D eigenvalue weighted by atomic mass is 32.1. The Morgan fingerprint density at radius 1 is 1.38 bits per heavy atom. The van der Waals surface area contributed by atoms with Crippen LogP contribution in [-0.4, -0.2) is 52.1 Å². The molecule has 0 unspecified atom stereocenters. The van der Waals surface area contributed by atoms with Crippen LogP contribution in [-0.2, 0) is 17.8 Å². The van der Waals surface area contributed by atoms with Gasteiger partial charge in [0.2, 0.25) is 11.0 Å². The Hall–Kier alpha value is -2.33. The largest absolute Gasteiger partial charge is 0.368 e. The molecule has 0 bridgehead atoms. The first kappa shape index (κ1) is 16.5. The van der Waals surface area contributed by atoms with Crippen LogP contribution in [0, 0.1) is 0 Å². The zero-order valence-electron chi connectivity index (χ0n) is 13.4. The maximum absolute atomic E-state index is 12.2. The van der Waals surface area contributed by atoms with Gasteiger partial charge in [-0.1, -0.05) is 18.3 Å². The van der Waals surface area contributed by atoms with E-state index in [9.17, 15) is 9.59 Å². The molecule has 0 saturated carbocycles. The molecule has 0 radical (unpaired) electrons. The van der Waals surface area contributed by atoms with Crippen molar-refractivity contribution in [3.8, 4) is 0 Å². The van der Waals surface area contributed by atoms with Crippen molar-refractivity contribution in [1.82, 2.24) is 25.3 Å². The summed E-state index contributed by atoms with van der Waals surface area (Å²) in [7, 11) is 0. The molecule has 9 nitrogen and oxygen atoms in total. The number of anilines is 2. The number of piperazine rings is 1. The summed E-state index contributed by atoms with van der Waals surface area (Å²) in [5.74, 6) is -0.349. The number of rotatable bonds is 5. The van der Waals surface area contributed by atoms with E-state index in [1.54, 1.807) is 6.20 Å². The lowest BCUT2D eigenvalue weighted by molar-refractivity contribution is -0.117. The molecule has 1 aliphatic heterocycles. The van der Waals surface area contributed by atoms with E-state index in [4.69, 9.17) is 0 Å². The average Bonchev–Trinajstić information content (AvgIpc) is 3.05. The van der Waals surface area contributed by atoms with Gasteiger partial charge in [-0.3, -0.25) is 14.9 Å². The molecule has 0 spiro atoms. The van der Waals surface area contributed by atoms with Gasteiger partial charge < -0.3 is 10.2 Å². The number of nitrogens with zero attached hydrogens (tertiary/aromatic N) is 5. The third kappa shape index (κ3) is 3.95. The van der Waals surface area contributed by atoms with Gasteiger partial charge in [-0.2, -0.15) is 5.10 Å². The molecule has 2 N–H and O–H groups in total. The number of amides is 1. The summed E-state index contributed by atoms with van der Waals surface area (Å²) in [6, 6.07) is 1.52. The van der Waals surface area contributed by atoms with Crippen LogP contribution >= 0.6 is 11.3 Å². The number of nitrogens with one attached hydrogen (secondary N) is 2. The molecule has 2 aromatic rings. The fourth-order valence-corrected chi connectivity index (χ4v) is 3.08. The molecule has 1 amide bonds. The first-order chi connectivity index (χ1) is 11.7. The minimum Gasteiger partial charge on any atom is -0.368 e. The normalized spacial score (nSPS) is 14.6. The SMILES string of the molecule is CCc1nnc(NC(=O)Cn2ncc(N3CCNCC3)cc2=O)s1. The van der Waals surface area contributed by atoms with Gasteiger partial charge in [-0.05, 0) is 6.42 Å². The predicted molar refractivity (Wildman–Crippen MR) is 91.5 cm³/mol. The van der Waals surface area contributed by atoms with Gasteiger partial charge in [0, 0.05) is 32.2 Å². The molecular formula is C14H19N7O2S. The number of hydrogen-bond donors (Lipinski definition) is 2. The van der Waals surface area contributed by atoms with E-state index < -0.39 is 0 Å². The van der Waals surface area contributed by atoms with Crippen molar-refractivity contribution in [2.24, 2.45) is 0 Å². The molecule has 0 aromatic carbocycles. The summed E-state index contributed by atoms with van der Waals surface area (Å²) in [6.07, 6.45) is 2.39. The summed E-state index contributed by atoms with van der Waals surface area (Å²) < 4.78 is 1.14. The van der Waals surface area contributed by atoms with Gasteiger partial charge in [-0.25, -0.2) is 4.68 Å². The monoisotopic (exact) mass is 349 g/mol.